The van der Waals surface area contributed by atoms with Crippen molar-refractivity contribution in [3.8, 4) is 0 Å². The number of aryl methyl sites for hydroxylation is 1. The summed E-state index contributed by atoms with van der Waals surface area (Å²) in [6.07, 6.45) is 4.24. The number of carbonyl (C=O) groups excluding carboxylic acids is 2. The molecule has 9 nitrogen and oxygen atoms in total. The Morgan fingerprint density at radius 1 is 1.20 bits per heavy atom. The number of nitrogens with one attached hydrogen (secondary N) is 2. The number of pyridine rings is 1. The molecular formula is C26H34N6O3. The van der Waals surface area contributed by atoms with Gasteiger partial charge in [-0.25, -0.2) is 4.98 Å². The Kier molecular flexibility index (Phi) is 8.07. The second-order valence-electron chi connectivity index (χ2n) is 9.52. The lowest BCUT2D eigenvalue weighted by atomic mass is 9.95. The molecular weight excluding hydrogens is 444 g/mol. The first-order chi connectivity index (χ1) is 16.9. The van der Waals surface area contributed by atoms with Crippen LogP contribution in [-0.2, 0) is 17.8 Å². The van der Waals surface area contributed by atoms with Crippen molar-refractivity contribution in [3.05, 3.63) is 63.7 Å². The number of nitrogens with zero attached hydrogens (tertiary/aromatic N) is 4. The molecule has 1 aromatic carbocycles. The zero-order chi connectivity index (χ0) is 24.8. The van der Waals surface area contributed by atoms with Crippen LogP contribution in [0.5, 0.6) is 0 Å². The Bertz CT molecular complexity index is 1070. The van der Waals surface area contributed by atoms with E-state index in [4.69, 9.17) is 0 Å². The van der Waals surface area contributed by atoms with E-state index in [1.165, 1.54) is 16.7 Å². The van der Waals surface area contributed by atoms with Crippen molar-refractivity contribution in [1.82, 2.24) is 20.1 Å². The fourth-order valence-corrected chi connectivity index (χ4v) is 4.96. The Labute approximate surface area is 206 Å². The summed E-state index contributed by atoms with van der Waals surface area (Å²) in [5, 5.41) is 9.51. The molecule has 4 rings (SSSR count). The SMILES string of the molecule is CC(=O)N1CCC(Nc2cc(C(=O)NCC(CN3CCc4c(C)cccc4C3)N=O)ccn2)CC1. The molecule has 0 bridgehead atoms. The third-order valence-corrected chi connectivity index (χ3v) is 7.01. The third kappa shape index (κ3) is 6.42. The van der Waals surface area contributed by atoms with Gasteiger partial charge in [-0.3, -0.25) is 14.5 Å². The molecule has 2 aliphatic rings. The van der Waals surface area contributed by atoms with Gasteiger partial charge in [-0.2, -0.15) is 4.91 Å². The van der Waals surface area contributed by atoms with Gasteiger partial charge in [0.1, 0.15) is 11.9 Å². The third-order valence-electron chi connectivity index (χ3n) is 7.01. The van der Waals surface area contributed by atoms with Gasteiger partial charge in [0, 0.05) is 64.0 Å². The van der Waals surface area contributed by atoms with Crippen LogP contribution in [0.1, 0.15) is 46.8 Å². The Morgan fingerprint density at radius 2 is 2.00 bits per heavy atom. The number of benzene rings is 1. The molecule has 1 fully saturated rings. The number of nitroso groups, excluding NO2 is 1. The van der Waals surface area contributed by atoms with E-state index in [1.54, 1.807) is 25.3 Å². The van der Waals surface area contributed by atoms with E-state index in [1.807, 2.05) is 4.90 Å². The van der Waals surface area contributed by atoms with Crippen LogP contribution in [0.25, 0.3) is 0 Å². The smallest absolute Gasteiger partial charge is 0.251 e. The van der Waals surface area contributed by atoms with E-state index in [-0.39, 0.29) is 24.4 Å². The maximum absolute atomic E-state index is 12.8. The van der Waals surface area contributed by atoms with Gasteiger partial charge in [-0.05, 0) is 55.0 Å². The van der Waals surface area contributed by atoms with Crippen LogP contribution in [0, 0.1) is 11.8 Å². The molecule has 0 aliphatic carbocycles. The van der Waals surface area contributed by atoms with E-state index in [0.29, 0.717) is 17.9 Å². The summed E-state index contributed by atoms with van der Waals surface area (Å²) in [6, 6.07) is 9.42. The van der Waals surface area contributed by atoms with E-state index >= 15 is 0 Å². The van der Waals surface area contributed by atoms with E-state index in [0.717, 1.165) is 45.4 Å². The van der Waals surface area contributed by atoms with Crippen LogP contribution >= 0.6 is 0 Å². The first-order valence-corrected chi connectivity index (χ1v) is 12.3. The van der Waals surface area contributed by atoms with Gasteiger partial charge in [0.25, 0.3) is 5.91 Å². The lowest BCUT2D eigenvalue weighted by molar-refractivity contribution is -0.129. The minimum absolute atomic E-state index is 0.101. The molecule has 9 heteroatoms. The maximum atomic E-state index is 12.8. The predicted octanol–water partition coefficient (Wildman–Crippen LogP) is 2.74. The number of anilines is 1. The molecule has 1 unspecified atom stereocenters. The average molecular weight is 479 g/mol. The molecule has 2 aliphatic heterocycles. The number of hydrogen-bond donors (Lipinski definition) is 2. The van der Waals surface area contributed by atoms with Crippen molar-refractivity contribution >= 4 is 17.6 Å². The second kappa shape index (κ2) is 11.4. The first-order valence-electron chi connectivity index (χ1n) is 12.3. The van der Waals surface area contributed by atoms with Crippen LogP contribution in [-0.4, -0.2) is 71.4 Å². The summed E-state index contributed by atoms with van der Waals surface area (Å²) >= 11 is 0. The Hall–Kier alpha value is -3.33. The number of likely N-dealkylation sites (tertiary alicyclic amines) is 1. The lowest BCUT2D eigenvalue weighted by Gasteiger charge is -2.32. The zero-order valence-electron chi connectivity index (χ0n) is 20.5. The number of rotatable bonds is 8. The van der Waals surface area contributed by atoms with Crippen molar-refractivity contribution < 1.29 is 9.59 Å². The van der Waals surface area contributed by atoms with Gasteiger partial charge < -0.3 is 15.5 Å². The molecule has 2 amide bonds. The molecule has 0 radical (unpaired) electrons. The topological polar surface area (TPSA) is 107 Å². The van der Waals surface area contributed by atoms with Gasteiger partial charge in [0.15, 0.2) is 0 Å². The Balaban J connectivity index is 1.27. The molecule has 35 heavy (non-hydrogen) atoms. The summed E-state index contributed by atoms with van der Waals surface area (Å²) in [5.74, 6) is 0.477. The van der Waals surface area contributed by atoms with Gasteiger partial charge in [-0.15, -0.1) is 0 Å². The largest absolute Gasteiger partial charge is 0.367 e. The van der Waals surface area contributed by atoms with Crippen LogP contribution in [0.2, 0.25) is 0 Å². The summed E-state index contributed by atoms with van der Waals surface area (Å²) in [6.45, 7) is 7.54. The van der Waals surface area contributed by atoms with Crippen molar-refractivity contribution in [2.75, 3.05) is 38.0 Å². The normalized spacial score (nSPS) is 17.4. The lowest BCUT2D eigenvalue weighted by Crippen LogP contribution is -2.41. The minimum Gasteiger partial charge on any atom is -0.367 e. The first kappa shape index (κ1) is 24.8. The zero-order valence-corrected chi connectivity index (χ0v) is 20.5. The molecule has 1 atom stereocenters. The predicted molar refractivity (Wildman–Crippen MR) is 135 cm³/mol. The monoisotopic (exact) mass is 478 g/mol. The highest BCUT2D eigenvalue weighted by atomic mass is 16.3. The Morgan fingerprint density at radius 3 is 2.74 bits per heavy atom. The van der Waals surface area contributed by atoms with Crippen molar-refractivity contribution in [1.29, 1.82) is 0 Å². The summed E-state index contributed by atoms with van der Waals surface area (Å²) < 4.78 is 0. The average Bonchev–Trinajstić information content (AvgIpc) is 2.87. The maximum Gasteiger partial charge on any atom is 0.251 e. The number of carbonyl (C=O) groups is 2. The van der Waals surface area contributed by atoms with Crippen LogP contribution in [0.15, 0.2) is 41.7 Å². The van der Waals surface area contributed by atoms with Gasteiger partial charge >= 0.3 is 0 Å². The van der Waals surface area contributed by atoms with E-state index in [9.17, 15) is 14.5 Å². The molecule has 3 heterocycles. The minimum atomic E-state index is -0.517. The summed E-state index contributed by atoms with van der Waals surface area (Å²) in [5.41, 5.74) is 4.50. The standard InChI is InChI=1S/C26H34N6O3/c1-18-4-3-5-21-16-31(11-9-24(18)21)17-23(30-35)15-28-26(34)20-6-10-27-25(14-20)29-22-7-12-32(13-8-22)19(2)33/h3-6,10,14,22-23H,7-9,11-13,15-17H2,1-2H3,(H,27,29)(H,28,34). The molecule has 0 spiro atoms. The fraction of sp³-hybridized carbons (Fsp3) is 0.500. The van der Waals surface area contributed by atoms with Gasteiger partial charge in [0.2, 0.25) is 5.91 Å². The van der Waals surface area contributed by atoms with Crippen LogP contribution in [0.4, 0.5) is 5.82 Å². The van der Waals surface area contributed by atoms with Crippen LogP contribution in [0.3, 0.4) is 0 Å². The number of hydrogen-bond acceptors (Lipinski definition) is 7. The highest BCUT2D eigenvalue weighted by Crippen LogP contribution is 2.22. The molecule has 186 valence electrons. The molecule has 2 N–H and O–H groups in total. The van der Waals surface area contributed by atoms with Crippen LogP contribution < -0.4 is 10.6 Å². The quantitative estimate of drug-likeness (QED) is 0.565. The number of amides is 2. The summed E-state index contributed by atoms with van der Waals surface area (Å²) in [7, 11) is 0. The number of piperidine rings is 1. The van der Waals surface area contributed by atoms with Crippen molar-refractivity contribution in [2.24, 2.45) is 5.18 Å². The molecule has 1 aromatic heterocycles. The fourth-order valence-electron chi connectivity index (χ4n) is 4.96. The van der Waals surface area contributed by atoms with E-state index < -0.39 is 6.04 Å². The highest BCUT2D eigenvalue weighted by molar-refractivity contribution is 5.94. The molecule has 1 saturated heterocycles. The van der Waals surface area contributed by atoms with Gasteiger partial charge in [-0.1, -0.05) is 23.4 Å². The number of aromatic nitrogens is 1. The number of fused-ring (bicyclic) bond motifs is 1. The van der Waals surface area contributed by atoms with E-state index in [2.05, 4.69) is 50.8 Å². The van der Waals surface area contributed by atoms with Gasteiger partial charge in [0.05, 0.1) is 0 Å². The van der Waals surface area contributed by atoms with Crippen molar-refractivity contribution in [2.45, 2.75) is 51.7 Å². The second-order valence-corrected chi connectivity index (χ2v) is 9.52. The van der Waals surface area contributed by atoms with Crippen molar-refractivity contribution in [3.63, 3.8) is 0 Å². The highest BCUT2D eigenvalue weighted by Gasteiger charge is 2.23. The molecule has 2 aromatic rings. The molecule has 0 saturated carbocycles. The summed E-state index contributed by atoms with van der Waals surface area (Å²) in [4.78, 5) is 44.2.